The lowest BCUT2D eigenvalue weighted by atomic mass is 9.86. The van der Waals surface area contributed by atoms with Gasteiger partial charge in [0, 0.05) is 25.4 Å². The molecule has 0 radical (unpaired) electrons. The van der Waals surface area contributed by atoms with E-state index in [1.54, 1.807) is 0 Å². The Labute approximate surface area is 104 Å². The molecule has 4 nitrogen and oxygen atoms in total. The van der Waals surface area contributed by atoms with Crippen molar-refractivity contribution in [2.24, 2.45) is 18.7 Å². The van der Waals surface area contributed by atoms with Crippen molar-refractivity contribution >= 4 is 0 Å². The van der Waals surface area contributed by atoms with Crippen LogP contribution in [0.2, 0.25) is 0 Å². The molecule has 0 aromatic carbocycles. The van der Waals surface area contributed by atoms with Gasteiger partial charge in [-0.1, -0.05) is 13.8 Å². The molecule has 1 aliphatic carbocycles. The molecular weight excluding hydrogens is 212 g/mol. The lowest BCUT2D eigenvalue weighted by molar-refractivity contribution is 0.377. The maximum atomic E-state index is 5.94. The summed E-state index contributed by atoms with van der Waals surface area (Å²) in [5, 5.41) is 4.52. The minimum absolute atomic E-state index is 0.398. The van der Waals surface area contributed by atoms with E-state index in [1.165, 1.54) is 0 Å². The van der Waals surface area contributed by atoms with E-state index in [4.69, 9.17) is 10.7 Å². The average Bonchev–Trinajstić information content (AvgIpc) is 2.59. The Morgan fingerprint density at radius 1 is 1.29 bits per heavy atom. The van der Waals surface area contributed by atoms with E-state index in [0.717, 1.165) is 43.8 Å². The van der Waals surface area contributed by atoms with Crippen LogP contribution >= 0.6 is 0 Å². The van der Waals surface area contributed by atoms with Crippen LogP contribution in [-0.4, -0.2) is 20.8 Å². The van der Waals surface area contributed by atoms with Crippen LogP contribution in [0.15, 0.2) is 0 Å². The Balaban J connectivity index is 2.07. The van der Waals surface area contributed by atoms with Crippen LogP contribution < -0.4 is 5.73 Å². The van der Waals surface area contributed by atoms with Gasteiger partial charge in [-0.2, -0.15) is 5.10 Å². The van der Waals surface area contributed by atoms with Gasteiger partial charge in [0.15, 0.2) is 5.82 Å². The summed E-state index contributed by atoms with van der Waals surface area (Å²) in [6.45, 7) is 4.41. The van der Waals surface area contributed by atoms with Gasteiger partial charge in [0.2, 0.25) is 0 Å². The lowest BCUT2D eigenvalue weighted by Gasteiger charge is -2.24. The third kappa shape index (κ3) is 3.06. The second-order valence-corrected chi connectivity index (χ2v) is 5.72. The fraction of sp³-hybridized carbons (Fsp3) is 0.846. The molecule has 0 aliphatic heterocycles. The van der Waals surface area contributed by atoms with Crippen LogP contribution in [0.4, 0.5) is 0 Å². The van der Waals surface area contributed by atoms with E-state index in [1.807, 2.05) is 11.7 Å². The minimum atomic E-state index is 0.398. The average molecular weight is 236 g/mol. The predicted octanol–water partition coefficient (Wildman–Crippen LogP) is 2.00. The zero-order chi connectivity index (χ0) is 12.4. The number of aryl methyl sites for hydroxylation is 1. The molecule has 17 heavy (non-hydrogen) atoms. The van der Waals surface area contributed by atoms with Crippen molar-refractivity contribution in [2.75, 3.05) is 0 Å². The van der Waals surface area contributed by atoms with E-state index < -0.39 is 0 Å². The van der Waals surface area contributed by atoms with Gasteiger partial charge in [-0.25, -0.2) is 4.98 Å². The van der Waals surface area contributed by atoms with Gasteiger partial charge in [0.25, 0.3) is 0 Å². The van der Waals surface area contributed by atoms with Crippen LogP contribution in [-0.2, 0) is 13.5 Å². The van der Waals surface area contributed by atoms with Gasteiger partial charge in [-0.3, -0.25) is 4.68 Å². The van der Waals surface area contributed by atoms with Crippen LogP contribution in [0, 0.1) is 5.92 Å². The Morgan fingerprint density at radius 2 is 1.94 bits per heavy atom. The van der Waals surface area contributed by atoms with Crippen molar-refractivity contribution in [3.63, 3.8) is 0 Å². The highest BCUT2D eigenvalue weighted by Crippen LogP contribution is 2.31. The first-order valence-electron chi connectivity index (χ1n) is 6.71. The maximum Gasteiger partial charge on any atom is 0.151 e. The molecule has 4 heteroatoms. The Bertz CT molecular complexity index is 361. The number of nitrogens with zero attached hydrogens (tertiary/aromatic N) is 3. The quantitative estimate of drug-likeness (QED) is 0.873. The normalized spacial score (nSPS) is 25.5. The smallest absolute Gasteiger partial charge is 0.151 e. The fourth-order valence-electron chi connectivity index (χ4n) is 2.64. The number of hydrogen-bond donors (Lipinski definition) is 1. The zero-order valence-electron chi connectivity index (χ0n) is 11.2. The second kappa shape index (κ2) is 5.17. The number of hydrogen-bond acceptors (Lipinski definition) is 3. The topological polar surface area (TPSA) is 56.7 Å². The van der Waals surface area contributed by atoms with Crippen LogP contribution in [0.25, 0.3) is 0 Å². The van der Waals surface area contributed by atoms with E-state index in [0.29, 0.717) is 17.9 Å². The van der Waals surface area contributed by atoms with Crippen molar-refractivity contribution in [3.05, 3.63) is 11.6 Å². The van der Waals surface area contributed by atoms with E-state index >= 15 is 0 Å². The molecule has 1 saturated carbocycles. The Hall–Kier alpha value is -0.900. The van der Waals surface area contributed by atoms with Crippen molar-refractivity contribution in [1.29, 1.82) is 0 Å². The molecular formula is C13H24N4. The van der Waals surface area contributed by atoms with Crippen LogP contribution in [0.1, 0.15) is 57.1 Å². The third-order valence-electron chi connectivity index (χ3n) is 3.57. The summed E-state index contributed by atoms with van der Waals surface area (Å²) in [6.07, 6.45) is 5.54. The summed E-state index contributed by atoms with van der Waals surface area (Å²) in [5.74, 6) is 3.33. The third-order valence-corrected chi connectivity index (χ3v) is 3.57. The molecule has 0 unspecified atom stereocenters. The van der Waals surface area contributed by atoms with Gasteiger partial charge in [-0.05, 0) is 31.6 Å². The van der Waals surface area contributed by atoms with Gasteiger partial charge >= 0.3 is 0 Å². The lowest BCUT2D eigenvalue weighted by Crippen LogP contribution is -2.26. The summed E-state index contributed by atoms with van der Waals surface area (Å²) in [4.78, 5) is 4.71. The molecule has 1 aromatic heterocycles. The summed E-state index contributed by atoms with van der Waals surface area (Å²) >= 11 is 0. The number of nitrogens with two attached hydrogens (primary N) is 1. The molecule has 0 amide bonds. The van der Waals surface area contributed by atoms with Crippen molar-refractivity contribution in [2.45, 2.75) is 57.9 Å². The standard InChI is InChI=1S/C13H24N4/c1-9(2)8-12-15-13(17(3)16-12)10-4-6-11(14)7-5-10/h9-11H,4-8,14H2,1-3H3. The highest BCUT2D eigenvalue weighted by molar-refractivity contribution is 5.02. The van der Waals surface area contributed by atoms with Gasteiger partial charge in [-0.15, -0.1) is 0 Å². The van der Waals surface area contributed by atoms with E-state index in [-0.39, 0.29) is 0 Å². The Morgan fingerprint density at radius 3 is 2.53 bits per heavy atom. The molecule has 1 aliphatic rings. The maximum absolute atomic E-state index is 5.94. The summed E-state index contributed by atoms with van der Waals surface area (Å²) in [6, 6.07) is 0.398. The van der Waals surface area contributed by atoms with Crippen LogP contribution in [0.3, 0.4) is 0 Å². The number of rotatable bonds is 3. The van der Waals surface area contributed by atoms with Crippen molar-refractivity contribution < 1.29 is 0 Å². The highest BCUT2D eigenvalue weighted by atomic mass is 15.3. The van der Waals surface area contributed by atoms with Gasteiger partial charge < -0.3 is 5.73 Å². The molecule has 2 N–H and O–H groups in total. The molecule has 0 spiro atoms. The van der Waals surface area contributed by atoms with E-state index in [2.05, 4.69) is 18.9 Å². The van der Waals surface area contributed by atoms with Gasteiger partial charge in [0.1, 0.15) is 5.82 Å². The molecule has 0 atom stereocenters. The van der Waals surface area contributed by atoms with Crippen molar-refractivity contribution in [1.82, 2.24) is 14.8 Å². The molecule has 1 fully saturated rings. The summed E-state index contributed by atoms with van der Waals surface area (Å²) < 4.78 is 1.97. The minimum Gasteiger partial charge on any atom is -0.328 e. The number of aromatic nitrogens is 3. The molecule has 1 aromatic rings. The first-order chi connectivity index (χ1) is 8.06. The Kier molecular flexibility index (Phi) is 3.82. The second-order valence-electron chi connectivity index (χ2n) is 5.72. The first kappa shape index (κ1) is 12.6. The molecule has 0 saturated heterocycles. The molecule has 2 rings (SSSR count). The van der Waals surface area contributed by atoms with E-state index in [9.17, 15) is 0 Å². The zero-order valence-corrected chi connectivity index (χ0v) is 11.2. The fourth-order valence-corrected chi connectivity index (χ4v) is 2.64. The predicted molar refractivity (Wildman–Crippen MR) is 68.7 cm³/mol. The van der Waals surface area contributed by atoms with Gasteiger partial charge in [0.05, 0.1) is 0 Å². The monoisotopic (exact) mass is 236 g/mol. The largest absolute Gasteiger partial charge is 0.328 e. The molecule has 96 valence electrons. The molecule has 0 bridgehead atoms. The summed E-state index contributed by atoms with van der Waals surface area (Å²) in [5.41, 5.74) is 5.94. The SMILES string of the molecule is CC(C)Cc1nc(C2CCC(N)CC2)n(C)n1. The van der Waals surface area contributed by atoms with Crippen molar-refractivity contribution in [3.8, 4) is 0 Å². The highest BCUT2D eigenvalue weighted by Gasteiger charge is 2.24. The summed E-state index contributed by atoms with van der Waals surface area (Å²) in [7, 11) is 2.01. The molecule has 1 heterocycles. The van der Waals surface area contributed by atoms with Crippen LogP contribution in [0.5, 0.6) is 0 Å². The first-order valence-corrected chi connectivity index (χ1v) is 6.71.